The number of hydrogen-bond donors (Lipinski definition) is 0. The number of hydrogen-bond acceptors (Lipinski definition) is 6. The van der Waals surface area contributed by atoms with Gasteiger partial charge in [-0.1, -0.05) is 30.3 Å². The minimum absolute atomic E-state index is 0.107. The topological polar surface area (TPSA) is 94.9 Å². The van der Waals surface area contributed by atoms with Crippen molar-refractivity contribution in [1.29, 1.82) is 0 Å². The van der Waals surface area contributed by atoms with E-state index in [0.717, 1.165) is 21.9 Å². The van der Waals surface area contributed by atoms with Crippen molar-refractivity contribution < 1.29 is 28.7 Å². The zero-order chi connectivity index (χ0) is 25.8. The minimum Gasteiger partial charge on any atom is -0.454 e. The Morgan fingerprint density at radius 1 is 0.917 bits per heavy atom. The Balaban J connectivity index is 1.42. The van der Waals surface area contributed by atoms with Gasteiger partial charge in [0.25, 0.3) is 11.8 Å². The van der Waals surface area contributed by atoms with Crippen LogP contribution < -0.4 is 0 Å². The van der Waals surface area contributed by atoms with Crippen molar-refractivity contribution in [3.8, 4) is 0 Å². The number of fused-ring (bicyclic) bond motifs is 1. The summed E-state index contributed by atoms with van der Waals surface area (Å²) in [6.07, 6.45) is 0.519. The number of ketones is 1. The van der Waals surface area contributed by atoms with Crippen molar-refractivity contribution in [3.05, 3.63) is 93.8 Å². The maximum absolute atomic E-state index is 12.9. The summed E-state index contributed by atoms with van der Waals surface area (Å²) in [5, 5.41) is 0. The number of imide groups is 1. The van der Waals surface area contributed by atoms with Gasteiger partial charge in [0, 0.05) is 43.8 Å². The molecule has 0 aliphatic carbocycles. The van der Waals surface area contributed by atoms with E-state index in [0.29, 0.717) is 25.1 Å². The first-order valence-corrected chi connectivity index (χ1v) is 11.7. The van der Waals surface area contributed by atoms with Crippen LogP contribution >= 0.6 is 0 Å². The highest BCUT2D eigenvalue weighted by molar-refractivity contribution is 6.22. The molecular weight excluding hydrogens is 460 g/mol. The summed E-state index contributed by atoms with van der Waals surface area (Å²) in [5.41, 5.74) is 3.86. The number of amides is 2. The third-order valence-corrected chi connectivity index (χ3v) is 6.33. The maximum atomic E-state index is 12.9. The van der Waals surface area contributed by atoms with Crippen molar-refractivity contribution in [2.75, 3.05) is 26.9 Å². The van der Waals surface area contributed by atoms with Crippen LogP contribution in [0.5, 0.6) is 0 Å². The van der Waals surface area contributed by atoms with Gasteiger partial charge in [-0.3, -0.25) is 19.3 Å². The molecular formula is C28H28N2O6. The molecule has 1 aromatic heterocycles. The molecule has 3 aromatic rings. The first kappa shape index (κ1) is 25.1. The Kier molecular flexibility index (Phi) is 7.45. The summed E-state index contributed by atoms with van der Waals surface area (Å²) >= 11 is 0. The monoisotopic (exact) mass is 488 g/mol. The van der Waals surface area contributed by atoms with Crippen LogP contribution in [0.4, 0.5) is 0 Å². The summed E-state index contributed by atoms with van der Waals surface area (Å²) in [6, 6.07) is 16.0. The maximum Gasteiger partial charge on any atom is 0.338 e. The van der Waals surface area contributed by atoms with E-state index < -0.39 is 24.4 Å². The van der Waals surface area contributed by atoms with Crippen molar-refractivity contribution >= 4 is 23.6 Å². The molecule has 0 atom stereocenters. The van der Waals surface area contributed by atoms with E-state index in [1.54, 1.807) is 13.2 Å². The summed E-state index contributed by atoms with van der Waals surface area (Å²) in [6.45, 7) is 4.66. The standard InChI is InChI=1S/C28H28N2O6/c1-18-14-23(19(2)30(18)16-20-8-5-4-6-9-20)25(31)17-36-28(34)21-10-11-22-24(15-21)27(33)29(26(22)32)12-7-13-35-3/h4-6,8-11,14-15H,7,12-13,16-17H2,1-3H3. The predicted molar refractivity (Wildman–Crippen MR) is 132 cm³/mol. The lowest BCUT2D eigenvalue weighted by Crippen LogP contribution is -2.31. The minimum atomic E-state index is -0.734. The predicted octanol–water partition coefficient (Wildman–Crippen LogP) is 3.83. The number of rotatable bonds is 10. The Bertz CT molecular complexity index is 1330. The normalized spacial score (nSPS) is 12.7. The second kappa shape index (κ2) is 10.7. The number of carbonyl (C=O) groups is 4. The summed E-state index contributed by atoms with van der Waals surface area (Å²) in [4.78, 5) is 51.9. The number of esters is 1. The molecule has 8 heteroatoms. The third kappa shape index (κ3) is 4.99. The average molecular weight is 489 g/mol. The molecule has 0 saturated carbocycles. The van der Waals surface area contributed by atoms with Gasteiger partial charge in [0.05, 0.1) is 16.7 Å². The average Bonchev–Trinajstić information content (AvgIpc) is 3.30. The molecule has 186 valence electrons. The zero-order valence-corrected chi connectivity index (χ0v) is 20.6. The van der Waals surface area contributed by atoms with Crippen molar-refractivity contribution in [3.63, 3.8) is 0 Å². The van der Waals surface area contributed by atoms with Crippen LogP contribution in [0.2, 0.25) is 0 Å². The number of benzene rings is 2. The van der Waals surface area contributed by atoms with Crippen LogP contribution in [0.15, 0.2) is 54.6 Å². The molecule has 2 aromatic carbocycles. The fourth-order valence-corrected chi connectivity index (χ4v) is 4.37. The van der Waals surface area contributed by atoms with Gasteiger partial charge in [0.15, 0.2) is 6.61 Å². The molecule has 0 bridgehead atoms. The van der Waals surface area contributed by atoms with Gasteiger partial charge in [-0.2, -0.15) is 0 Å². The van der Waals surface area contributed by atoms with Crippen LogP contribution in [0.25, 0.3) is 0 Å². The van der Waals surface area contributed by atoms with Crippen LogP contribution in [-0.2, 0) is 16.0 Å². The van der Waals surface area contributed by atoms with E-state index >= 15 is 0 Å². The van der Waals surface area contributed by atoms with Crippen LogP contribution in [0.1, 0.15) is 64.8 Å². The van der Waals surface area contributed by atoms with E-state index in [2.05, 4.69) is 0 Å². The number of nitrogens with zero attached hydrogens (tertiary/aromatic N) is 2. The first-order chi connectivity index (χ1) is 17.3. The highest BCUT2D eigenvalue weighted by atomic mass is 16.5. The van der Waals surface area contributed by atoms with Crippen molar-refractivity contribution in [2.45, 2.75) is 26.8 Å². The molecule has 0 spiro atoms. The lowest BCUT2D eigenvalue weighted by molar-refractivity contribution is 0.0474. The number of Topliss-reactive ketones (excluding diaryl/α,β-unsaturated/α-hetero) is 1. The van der Waals surface area contributed by atoms with Gasteiger partial charge in [0.1, 0.15) is 0 Å². The highest BCUT2D eigenvalue weighted by Gasteiger charge is 2.35. The molecule has 0 fully saturated rings. The van der Waals surface area contributed by atoms with E-state index in [-0.39, 0.29) is 29.0 Å². The fraction of sp³-hybridized carbons (Fsp3) is 0.286. The first-order valence-electron chi connectivity index (χ1n) is 11.7. The highest BCUT2D eigenvalue weighted by Crippen LogP contribution is 2.25. The quantitative estimate of drug-likeness (QED) is 0.186. The molecule has 0 N–H and O–H groups in total. The summed E-state index contributed by atoms with van der Waals surface area (Å²) in [7, 11) is 1.55. The smallest absolute Gasteiger partial charge is 0.338 e. The third-order valence-electron chi connectivity index (χ3n) is 6.33. The number of methoxy groups -OCH3 is 1. The fourth-order valence-electron chi connectivity index (χ4n) is 4.37. The summed E-state index contributed by atoms with van der Waals surface area (Å²) in [5.74, 6) is -1.90. The van der Waals surface area contributed by atoms with Gasteiger partial charge >= 0.3 is 5.97 Å². The lowest BCUT2D eigenvalue weighted by Gasteiger charge is -2.12. The Morgan fingerprint density at radius 3 is 2.36 bits per heavy atom. The largest absolute Gasteiger partial charge is 0.454 e. The molecule has 0 unspecified atom stereocenters. The van der Waals surface area contributed by atoms with E-state index in [9.17, 15) is 19.2 Å². The molecule has 4 rings (SSSR count). The molecule has 1 aliphatic rings. The number of aromatic nitrogens is 1. The molecule has 36 heavy (non-hydrogen) atoms. The van der Waals surface area contributed by atoms with Crippen LogP contribution in [0.3, 0.4) is 0 Å². The van der Waals surface area contributed by atoms with Gasteiger partial charge in [-0.15, -0.1) is 0 Å². The Labute approximate surface area is 209 Å². The zero-order valence-electron chi connectivity index (χ0n) is 20.6. The Hall–Kier alpha value is -4.04. The van der Waals surface area contributed by atoms with Crippen molar-refractivity contribution in [2.24, 2.45) is 0 Å². The van der Waals surface area contributed by atoms with E-state index in [1.807, 2.05) is 48.7 Å². The number of aryl methyl sites for hydroxylation is 1. The van der Waals surface area contributed by atoms with Gasteiger partial charge in [-0.05, 0) is 50.1 Å². The second-order valence-corrected chi connectivity index (χ2v) is 8.72. The SMILES string of the molecule is COCCCN1C(=O)c2ccc(C(=O)OCC(=O)c3cc(C)n(Cc4ccccc4)c3C)cc2C1=O. The van der Waals surface area contributed by atoms with Gasteiger partial charge in [0.2, 0.25) is 5.78 Å². The molecule has 8 nitrogen and oxygen atoms in total. The Morgan fingerprint density at radius 2 is 1.64 bits per heavy atom. The van der Waals surface area contributed by atoms with E-state index in [1.165, 1.54) is 18.2 Å². The van der Waals surface area contributed by atoms with Crippen molar-refractivity contribution in [1.82, 2.24) is 9.47 Å². The number of ether oxygens (including phenoxy) is 2. The molecule has 1 aliphatic heterocycles. The van der Waals surface area contributed by atoms with Crippen LogP contribution in [-0.4, -0.2) is 59.9 Å². The molecule has 0 radical (unpaired) electrons. The molecule has 2 heterocycles. The number of carbonyl (C=O) groups excluding carboxylic acids is 4. The molecule has 2 amide bonds. The lowest BCUT2D eigenvalue weighted by atomic mass is 10.1. The van der Waals surface area contributed by atoms with Gasteiger partial charge in [-0.25, -0.2) is 4.79 Å². The summed E-state index contributed by atoms with van der Waals surface area (Å²) < 4.78 is 12.3. The van der Waals surface area contributed by atoms with Crippen LogP contribution in [0, 0.1) is 13.8 Å². The van der Waals surface area contributed by atoms with Gasteiger partial charge < -0.3 is 14.0 Å². The molecule has 0 saturated heterocycles. The van der Waals surface area contributed by atoms with E-state index in [4.69, 9.17) is 9.47 Å². The second-order valence-electron chi connectivity index (χ2n) is 8.72.